The van der Waals surface area contributed by atoms with Crippen LogP contribution in [-0.2, 0) is 4.79 Å². The maximum atomic E-state index is 10.9. The molecule has 1 fully saturated rings. The van der Waals surface area contributed by atoms with E-state index in [0.29, 0.717) is 5.92 Å². The predicted octanol–water partition coefficient (Wildman–Crippen LogP) is 3.26. The molecule has 0 bridgehead atoms. The Kier molecular flexibility index (Phi) is 2.59. The van der Waals surface area contributed by atoms with Crippen LogP contribution in [0.25, 0.3) is 10.2 Å². The molecule has 1 aliphatic rings. The lowest BCUT2D eigenvalue weighted by Gasteiger charge is -2.14. The zero-order chi connectivity index (χ0) is 11.8. The van der Waals surface area contributed by atoms with E-state index in [-0.39, 0.29) is 12.3 Å². The fourth-order valence-corrected chi connectivity index (χ4v) is 3.07. The third-order valence-electron chi connectivity index (χ3n) is 3.37. The Bertz CT molecular complexity index is 559. The second-order valence-electron chi connectivity index (χ2n) is 4.62. The topological polar surface area (TPSA) is 50.2 Å². The van der Waals surface area contributed by atoms with Crippen molar-refractivity contribution in [3.63, 3.8) is 0 Å². The van der Waals surface area contributed by atoms with Crippen LogP contribution in [0.3, 0.4) is 0 Å². The van der Waals surface area contributed by atoms with Crippen LogP contribution in [-0.4, -0.2) is 16.1 Å². The van der Waals surface area contributed by atoms with Crippen LogP contribution in [0.2, 0.25) is 0 Å². The molecule has 0 spiro atoms. The van der Waals surface area contributed by atoms with Gasteiger partial charge in [0.05, 0.1) is 22.1 Å². The summed E-state index contributed by atoms with van der Waals surface area (Å²) in [5.41, 5.74) is 3.99. The molecule has 1 aliphatic carbocycles. The quantitative estimate of drug-likeness (QED) is 0.902. The first-order valence-corrected chi connectivity index (χ1v) is 6.67. The van der Waals surface area contributed by atoms with Crippen LogP contribution in [0.15, 0.2) is 23.7 Å². The molecular weight excluding hydrogens is 234 g/mol. The number of carboxylic acid groups (broad SMARTS) is 1. The van der Waals surface area contributed by atoms with Crippen molar-refractivity contribution < 1.29 is 9.90 Å². The van der Waals surface area contributed by atoms with Gasteiger partial charge in [0.2, 0.25) is 0 Å². The second-order valence-corrected chi connectivity index (χ2v) is 5.51. The van der Waals surface area contributed by atoms with Crippen molar-refractivity contribution in [2.24, 2.45) is 5.92 Å². The largest absolute Gasteiger partial charge is 0.481 e. The number of aliphatic carboxylic acids is 1. The van der Waals surface area contributed by atoms with Gasteiger partial charge in [0.15, 0.2) is 0 Å². The third kappa shape index (κ3) is 2.17. The smallest absolute Gasteiger partial charge is 0.303 e. The first-order valence-electron chi connectivity index (χ1n) is 5.79. The van der Waals surface area contributed by atoms with Gasteiger partial charge in [0.25, 0.3) is 0 Å². The Hall–Kier alpha value is -1.42. The van der Waals surface area contributed by atoms with Crippen molar-refractivity contribution in [2.45, 2.75) is 25.2 Å². The molecule has 1 saturated carbocycles. The van der Waals surface area contributed by atoms with Gasteiger partial charge in [0, 0.05) is 0 Å². The molecule has 1 N–H and O–H groups in total. The van der Waals surface area contributed by atoms with E-state index in [1.165, 1.54) is 12.8 Å². The molecule has 88 valence electrons. The molecule has 3 rings (SSSR count). The standard InChI is InChI=1S/C13H13NO2S/c15-13(16)6-10(8-1-2-8)9-3-4-11-12(5-9)17-7-14-11/h3-5,7-8,10H,1-2,6H2,(H,15,16). The number of carboxylic acids is 1. The first-order chi connectivity index (χ1) is 8.24. The van der Waals surface area contributed by atoms with Crippen molar-refractivity contribution in [1.29, 1.82) is 0 Å². The second kappa shape index (κ2) is 4.11. The van der Waals surface area contributed by atoms with E-state index in [0.717, 1.165) is 15.8 Å². The summed E-state index contributed by atoms with van der Waals surface area (Å²) in [7, 11) is 0. The van der Waals surface area contributed by atoms with Crippen LogP contribution >= 0.6 is 11.3 Å². The number of rotatable bonds is 4. The van der Waals surface area contributed by atoms with Crippen LogP contribution in [0.5, 0.6) is 0 Å². The molecular formula is C13H13NO2S. The van der Waals surface area contributed by atoms with Gasteiger partial charge in [-0.25, -0.2) is 4.98 Å². The summed E-state index contributed by atoms with van der Waals surface area (Å²) in [4.78, 5) is 15.2. The van der Waals surface area contributed by atoms with Gasteiger partial charge in [-0.15, -0.1) is 11.3 Å². The van der Waals surface area contributed by atoms with Gasteiger partial charge in [-0.3, -0.25) is 4.79 Å². The minimum absolute atomic E-state index is 0.180. The average molecular weight is 247 g/mol. The zero-order valence-electron chi connectivity index (χ0n) is 9.30. The lowest BCUT2D eigenvalue weighted by Crippen LogP contribution is -2.08. The molecule has 4 heteroatoms. The molecule has 0 aliphatic heterocycles. The number of aromatic nitrogens is 1. The van der Waals surface area contributed by atoms with Crippen LogP contribution in [0, 0.1) is 5.92 Å². The molecule has 3 nitrogen and oxygen atoms in total. The van der Waals surface area contributed by atoms with E-state index in [1.807, 2.05) is 17.6 Å². The zero-order valence-corrected chi connectivity index (χ0v) is 10.1. The van der Waals surface area contributed by atoms with E-state index in [9.17, 15) is 4.79 Å². The fraction of sp³-hybridized carbons (Fsp3) is 0.385. The number of thiazole rings is 1. The summed E-state index contributed by atoms with van der Waals surface area (Å²) < 4.78 is 1.15. The number of fused-ring (bicyclic) bond motifs is 1. The van der Waals surface area contributed by atoms with Crippen molar-refractivity contribution in [2.75, 3.05) is 0 Å². The SMILES string of the molecule is O=C(O)CC(c1ccc2ncsc2c1)C1CC1. The average Bonchev–Trinajstić information content (AvgIpc) is 3.03. The molecule has 2 aromatic rings. The third-order valence-corrected chi connectivity index (χ3v) is 4.16. The maximum Gasteiger partial charge on any atom is 0.303 e. The van der Waals surface area contributed by atoms with Crippen molar-refractivity contribution in [3.8, 4) is 0 Å². The Morgan fingerprint density at radius 2 is 2.35 bits per heavy atom. The van der Waals surface area contributed by atoms with Crippen molar-refractivity contribution >= 4 is 27.5 Å². The highest BCUT2D eigenvalue weighted by atomic mass is 32.1. The maximum absolute atomic E-state index is 10.9. The van der Waals surface area contributed by atoms with Gasteiger partial charge < -0.3 is 5.11 Å². The summed E-state index contributed by atoms with van der Waals surface area (Å²) in [6.45, 7) is 0. The van der Waals surface area contributed by atoms with Gasteiger partial charge in [-0.05, 0) is 42.4 Å². The van der Waals surface area contributed by atoms with Gasteiger partial charge in [-0.2, -0.15) is 0 Å². The first kappa shape index (κ1) is 10.7. The molecule has 1 atom stereocenters. The molecule has 1 aromatic carbocycles. The van der Waals surface area contributed by atoms with E-state index in [1.54, 1.807) is 11.3 Å². The summed E-state index contributed by atoms with van der Waals surface area (Å²) in [5.74, 6) is 0.0433. The Balaban J connectivity index is 1.95. The Morgan fingerprint density at radius 1 is 1.53 bits per heavy atom. The van der Waals surface area contributed by atoms with E-state index >= 15 is 0 Å². The molecule has 1 unspecified atom stereocenters. The number of nitrogens with zero attached hydrogens (tertiary/aromatic N) is 1. The number of benzene rings is 1. The highest BCUT2D eigenvalue weighted by Gasteiger charge is 2.33. The summed E-state index contributed by atoms with van der Waals surface area (Å²) in [6.07, 6.45) is 2.58. The summed E-state index contributed by atoms with van der Waals surface area (Å²) in [6, 6.07) is 6.14. The fourth-order valence-electron chi connectivity index (χ4n) is 2.35. The lowest BCUT2D eigenvalue weighted by molar-refractivity contribution is -0.137. The highest BCUT2D eigenvalue weighted by Crippen LogP contribution is 2.45. The molecule has 1 heterocycles. The monoisotopic (exact) mass is 247 g/mol. The van der Waals surface area contributed by atoms with Gasteiger partial charge in [0.1, 0.15) is 0 Å². The number of hydrogen-bond donors (Lipinski definition) is 1. The van der Waals surface area contributed by atoms with Crippen molar-refractivity contribution in [1.82, 2.24) is 4.98 Å². The van der Waals surface area contributed by atoms with Crippen LogP contribution in [0.4, 0.5) is 0 Å². The minimum Gasteiger partial charge on any atom is -0.481 e. The van der Waals surface area contributed by atoms with Gasteiger partial charge >= 0.3 is 5.97 Å². The number of hydrogen-bond acceptors (Lipinski definition) is 3. The van der Waals surface area contributed by atoms with E-state index in [2.05, 4.69) is 11.1 Å². The highest BCUT2D eigenvalue weighted by molar-refractivity contribution is 7.16. The predicted molar refractivity (Wildman–Crippen MR) is 67.3 cm³/mol. The lowest BCUT2D eigenvalue weighted by atomic mass is 9.91. The molecule has 1 aromatic heterocycles. The van der Waals surface area contributed by atoms with Gasteiger partial charge in [-0.1, -0.05) is 6.07 Å². The summed E-state index contributed by atoms with van der Waals surface area (Å²) in [5, 5.41) is 8.99. The molecule has 0 saturated heterocycles. The van der Waals surface area contributed by atoms with Crippen LogP contribution < -0.4 is 0 Å². The molecule has 0 amide bonds. The normalized spacial score (nSPS) is 17.2. The number of carbonyl (C=O) groups is 1. The molecule has 17 heavy (non-hydrogen) atoms. The van der Waals surface area contributed by atoms with Crippen molar-refractivity contribution in [3.05, 3.63) is 29.3 Å². The summed E-state index contributed by atoms with van der Waals surface area (Å²) >= 11 is 1.61. The Morgan fingerprint density at radius 3 is 3.06 bits per heavy atom. The minimum atomic E-state index is -0.702. The molecule has 0 radical (unpaired) electrons. The van der Waals surface area contributed by atoms with E-state index in [4.69, 9.17) is 5.11 Å². The van der Waals surface area contributed by atoms with E-state index < -0.39 is 5.97 Å². The Labute approximate surface area is 103 Å². The van der Waals surface area contributed by atoms with Crippen LogP contribution in [0.1, 0.15) is 30.7 Å².